The summed E-state index contributed by atoms with van der Waals surface area (Å²) in [6.07, 6.45) is 3.49. The maximum Gasteiger partial charge on any atom is 0.153 e. The van der Waals surface area contributed by atoms with Crippen molar-refractivity contribution in [1.82, 2.24) is 15.6 Å². The lowest BCUT2D eigenvalue weighted by molar-refractivity contribution is 0.0156. The summed E-state index contributed by atoms with van der Waals surface area (Å²) in [7, 11) is 0. The second-order valence-electron chi connectivity index (χ2n) is 10.4. The lowest BCUT2D eigenvalue weighted by Gasteiger charge is -2.33. The van der Waals surface area contributed by atoms with Gasteiger partial charge in [-0.15, -0.1) is 0 Å². The highest BCUT2D eigenvalue weighted by molar-refractivity contribution is 5.82. The Labute approximate surface area is 219 Å². The monoisotopic (exact) mass is 509 g/mol. The summed E-state index contributed by atoms with van der Waals surface area (Å²) >= 11 is 0. The molecule has 200 valence electrons. The number of phenolic OH excluding ortho intramolecular Hbond substituents is 2. The number of hydrogen-bond donors (Lipinski definition) is 4. The van der Waals surface area contributed by atoms with Gasteiger partial charge in [-0.2, -0.15) is 5.10 Å². The minimum atomic E-state index is -0.341. The van der Waals surface area contributed by atoms with Crippen LogP contribution in [-0.4, -0.2) is 79.7 Å². The number of hydrogen-bond acceptors (Lipinski definition) is 9. The van der Waals surface area contributed by atoms with E-state index in [0.717, 1.165) is 56.9 Å². The maximum atomic E-state index is 11.0. The van der Waals surface area contributed by atoms with Crippen LogP contribution < -0.4 is 15.5 Å². The number of nitrogens with zero attached hydrogens (tertiary/aromatic N) is 3. The van der Waals surface area contributed by atoms with Gasteiger partial charge >= 0.3 is 0 Å². The van der Waals surface area contributed by atoms with Crippen LogP contribution in [0.5, 0.6) is 11.5 Å². The average molecular weight is 510 g/mol. The smallest absolute Gasteiger partial charge is 0.153 e. The van der Waals surface area contributed by atoms with E-state index in [4.69, 9.17) is 14.6 Å². The first-order valence-corrected chi connectivity index (χ1v) is 13.4. The second-order valence-corrected chi connectivity index (χ2v) is 10.4. The molecule has 0 aromatic heterocycles. The number of anilines is 1. The van der Waals surface area contributed by atoms with Crippen molar-refractivity contribution in [1.29, 1.82) is 0 Å². The minimum Gasteiger partial charge on any atom is -0.508 e. The molecule has 2 fully saturated rings. The van der Waals surface area contributed by atoms with E-state index in [2.05, 4.69) is 39.8 Å². The fourth-order valence-electron chi connectivity index (χ4n) is 5.27. The molecule has 0 saturated carbocycles. The standard InChI is InChI=1S/C28H39N5O4/c1-19(2)24-14-25(27(35)15-26(24)34)28-32(18-31-33(28)10-7-22-16-29-8-11-36-22)21-5-3-20(4-6-21)13-23-17-30-9-12-37-23/h3-6,14-15,18-19,22-23,28-30,34-35H,7-13,16-17H2,1-2H3. The second kappa shape index (κ2) is 11.7. The Morgan fingerprint density at radius 3 is 2.32 bits per heavy atom. The molecular weight excluding hydrogens is 470 g/mol. The maximum absolute atomic E-state index is 11.0. The molecule has 0 radical (unpaired) electrons. The molecule has 2 aromatic rings. The Morgan fingerprint density at radius 2 is 1.68 bits per heavy atom. The molecule has 2 aromatic carbocycles. The summed E-state index contributed by atoms with van der Waals surface area (Å²) in [5, 5.41) is 34.9. The summed E-state index contributed by atoms with van der Waals surface area (Å²) < 4.78 is 11.8. The summed E-state index contributed by atoms with van der Waals surface area (Å²) in [6, 6.07) is 11.8. The molecule has 0 aliphatic carbocycles. The molecule has 9 nitrogen and oxygen atoms in total. The summed E-state index contributed by atoms with van der Waals surface area (Å²) in [6.45, 7) is 9.70. The highest BCUT2D eigenvalue weighted by Crippen LogP contribution is 2.41. The van der Waals surface area contributed by atoms with E-state index in [9.17, 15) is 10.2 Å². The van der Waals surface area contributed by atoms with Crippen LogP contribution in [0.1, 0.15) is 49.0 Å². The number of phenols is 2. The number of aromatic hydroxyl groups is 2. The number of rotatable bonds is 8. The van der Waals surface area contributed by atoms with Gasteiger partial charge in [-0.3, -0.25) is 5.01 Å². The van der Waals surface area contributed by atoms with Gasteiger partial charge in [0.1, 0.15) is 17.8 Å². The van der Waals surface area contributed by atoms with Crippen LogP contribution in [0.3, 0.4) is 0 Å². The fraction of sp³-hybridized carbons (Fsp3) is 0.536. The molecule has 4 N–H and O–H groups in total. The van der Waals surface area contributed by atoms with Crippen molar-refractivity contribution >= 4 is 12.0 Å². The Kier molecular flexibility index (Phi) is 8.14. The van der Waals surface area contributed by atoms with Crippen LogP contribution in [-0.2, 0) is 15.9 Å². The quantitative estimate of drug-likeness (QED) is 0.431. The number of ether oxygens (including phenoxy) is 2. The van der Waals surface area contributed by atoms with E-state index in [1.54, 1.807) is 0 Å². The molecule has 3 atom stereocenters. The van der Waals surface area contributed by atoms with Crippen LogP contribution in [0.2, 0.25) is 0 Å². The zero-order valence-electron chi connectivity index (χ0n) is 21.8. The molecule has 0 bridgehead atoms. The largest absolute Gasteiger partial charge is 0.508 e. The van der Waals surface area contributed by atoms with Crippen LogP contribution >= 0.6 is 0 Å². The zero-order valence-corrected chi connectivity index (χ0v) is 21.8. The highest BCUT2D eigenvalue weighted by Gasteiger charge is 2.34. The van der Waals surface area contributed by atoms with Crippen molar-refractivity contribution in [2.75, 3.05) is 50.8 Å². The topological polar surface area (TPSA) is 102 Å². The molecule has 3 heterocycles. The van der Waals surface area contributed by atoms with Gasteiger partial charge in [-0.05, 0) is 48.1 Å². The Hall–Kier alpha value is -2.85. The molecule has 0 amide bonds. The van der Waals surface area contributed by atoms with Gasteiger partial charge in [0.25, 0.3) is 0 Å². The van der Waals surface area contributed by atoms with Crippen molar-refractivity contribution in [3.05, 3.63) is 53.1 Å². The normalized spacial score (nSPS) is 24.2. The minimum absolute atomic E-state index is 0.0570. The molecule has 37 heavy (non-hydrogen) atoms. The Bertz CT molecular complexity index is 1060. The van der Waals surface area contributed by atoms with E-state index in [1.807, 2.05) is 31.3 Å². The molecule has 2 saturated heterocycles. The fourth-order valence-corrected chi connectivity index (χ4v) is 5.27. The molecule has 3 aliphatic heterocycles. The van der Waals surface area contributed by atoms with Crippen molar-refractivity contribution in [2.24, 2.45) is 5.10 Å². The van der Waals surface area contributed by atoms with Crippen molar-refractivity contribution in [3.8, 4) is 11.5 Å². The van der Waals surface area contributed by atoms with Crippen LogP contribution in [0.4, 0.5) is 5.69 Å². The van der Waals surface area contributed by atoms with Crippen molar-refractivity contribution in [2.45, 2.75) is 51.0 Å². The van der Waals surface area contributed by atoms with E-state index < -0.39 is 0 Å². The third kappa shape index (κ3) is 6.01. The molecule has 5 rings (SSSR count). The van der Waals surface area contributed by atoms with Gasteiger partial charge in [0.2, 0.25) is 0 Å². The SMILES string of the molecule is CC(C)c1cc(C2N(CCC3CNCCO3)N=CN2c2ccc(CC3CNCCO3)cc2)c(O)cc1O. The van der Waals surface area contributed by atoms with E-state index >= 15 is 0 Å². The highest BCUT2D eigenvalue weighted by atomic mass is 16.5. The molecular formula is C28H39N5O4. The number of hydrazone groups is 1. The van der Waals surface area contributed by atoms with E-state index in [1.165, 1.54) is 11.6 Å². The van der Waals surface area contributed by atoms with E-state index in [-0.39, 0.29) is 35.8 Å². The molecule has 3 unspecified atom stereocenters. The summed E-state index contributed by atoms with van der Waals surface area (Å²) in [4.78, 5) is 2.08. The van der Waals surface area contributed by atoms with Crippen LogP contribution in [0.15, 0.2) is 41.5 Å². The zero-order chi connectivity index (χ0) is 25.8. The van der Waals surface area contributed by atoms with Gasteiger partial charge < -0.3 is 35.2 Å². The first-order valence-electron chi connectivity index (χ1n) is 13.4. The summed E-state index contributed by atoms with van der Waals surface area (Å²) in [5.74, 6) is 0.279. The van der Waals surface area contributed by atoms with Crippen molar-refractivity contribution in [3.63, 3.8) is 0 Å². The van der Waals surface area contributed by atoms with Crippen LogP contribution in [0.25, 0.3) is 0 Å². The molecule has 0 spiro atoms. The number of benzene rings is 2. The van der Waals surface area contributed by atoms with E-state index in [0.29, 0.717) is 18.7 Å². The summed E-state index contributed by atoms with van der Waals surface area (Å²) in [5.41, 5.74) is 3.72. The van der Waals surface area contributed by atoms with Gasteiger partial charge in [0.15, 0.2) is 6.17 Å². The van der Waals surface area contributed by atoms with Gasteiger partial charge in [0.05, 0.1) is 25.4 Å². The first kappa shape index (κ1) is 25.8. The molecule has 3 aliphatic rings. The van der Waals surface area contributed by atoms with Gasteiger partial charge in [0, 0.05) is 50.0 Å². The van der Waals surface area contributed by atoms with Crippen molar-refractivity contribution < 1.29 is 19.7 Å². The number of nitrogens with one attached hydrogen (secondary N) is 2. The van der Waals surface area contributed by atoms with Gasteiger partial charge in [-0.25, -0.2) is 0 Å². The van der Waals surface area contributed by atoms with Gasteiger partial charge in [-0.1, -0.05) is 26.0 Å². The lowest BCUT2D eigenvalue weighted by atomic mass is 9.97. The lowest BCUT2D eigenvalue weighted by Crippen LogP contribution is -2.41. The first-order chi connectivity index (χ1) is 18.0. The Balaban J connectivity index is 1.39. The molecule has 9 heteroatoms. The third-order valence-corrected chi connectivity index (χ3v) is 7.33. The third-order valence-electron chi connectivity index (χ3n) is 7.33. The average Bonchev–Trinajstić information content (AvgIpc) is 3.32. The predicted octanol–water partition coefficient (Wildman–Crippen LogP) is 2.89. The number of morpholine rings is 2. The van der Waals surface area contributed by atoms with Crippen LogP contribution in [0, 0.1) is 0 Å². The Morgan fingerprint density at radius 1 is 0.973 bits per heavy atom. The predicted molar refractivity (Wildman–Crippen MR) is 144 cm³/mol.